The number of imidazole rings is 1. The van der Waals surface area contributed by atoms with Gasteiger partial charge in [-0.05, 0) is 18.9 Å². The third kappa shape index (κ3) is 3.19. The highest BCUT2D eigenvalue weighted by molar-refractivity contribution is 6.02. The Kier molecular flexibility index (Phi) is 4.88. The lowest BCUT2D eigenvalue weighted by Gasteiger charge is -2.08. The highest BCUT2D eigenvalue weighted by Crippen LogP contribution is 2.25. The smallest absolute Gasteiger partial charge is 0.109 e. The van der Waals surface area contributed by atoms with Gasteiger partial charge in [-0.3, -0.25) is 15.3 Å². The van der Waals surface area contributed by atoms with Gasteiger partial charge in [-0.2, -0.15) is 0 Å². The molecule has 0 spiro atoms. The molecular formula is C18H22N4O. The van der Waals surface area contributed by atoms with Gasteiger partial charge in [0.05, 0.1) is 24.3 Å². The second kappa shape index (κ2) is 7.24. The van der Waals surface area contributed by atoms with Gasteiger partial charge in [-0.15, -0.1) is 0 Å². The predicted octanol–water partition coefficient (Wildman–Crippen LogP) is 3.59. The third-order valence-corrected chi connectivity index (χ3v) is 3.86. The molecule has 0 amide bonds. The number of hydroxylamine groups is 1. The molecule has 0 aliphatic heterocycles. The molecule has 0 aliphatic carbocycles. The Morgan fingerprint density at radius 3 is 2.96 bits per heavy atom. The van der Waals surface area contributed by atoms with E-state index in [1.54, 1.807) is 7.11 Å². The van der Waals surface area contributed by atoms with E-state index in [-0.39, 0.29) is 0 Å². The molecule has 0 saturated heterocycles. The zero-order chi connectivity index (χ0) is 16.1. The lowest BCUT2D eigenvalue weighted by Crippen LogP contribution is -2.05. The van der Waals surface area contributed by atoms with Gasteiger partial charge in [0.1, 0.15) is 11.3 Å². The van der Waals surface area contributed by atoms with E-state index >= 15 is 0 Å². The number of hydrogen-bond donors (Lipinski definition) is 1. The largest absolute Gasteiger partial charge is 0.327 e. The summed E-state index contributed by atoms with van der Waals surface area (Å²) in [6.45, 7) is 3.07. The van der Waals surface area contributed by atoms with Crippen molar-refractivity contribution in [3.63, 3.8) is 0 Å². The highest BCUT2D eigenvalue weighted by Gasteiger charge is 2.13. The first-order valence-electron chi connectivity index (χ1n) is 8.01. The van der Waals surface area contributed by atoms with Crippen LogP contribution in [0.3, 0.4) is 0 Å². The summed E-state index contributed by atoms with van der Waals surface area (Å²) in [7, 11) is 1.60. The molecule has 5 nitrogen and oxygen atoms in total. The van der Waals surface area contributed by atoms with Crippen LogP contribution in [0, 0.1) is 0 Å². The first-order chi connectivity index (χ1) is 11.3. The second-order valence-electron chi connectivity index (χ2n) is 5.45. The van der Waals surface area contributed by atoms with Crippen LogP contribution >= 0.6 is 0 Å². The van der Waals surface area contributed by atoms with Gasteiger partial charge in [0, 0.05) is 24.6 Å². The number of hydrogen-bond acceptors (Lipinski definition) is 4. The normalized spacial score (nSPS) is 11.7. The lowest BCUT2D eigenvalue weighted by molar-refractivity contribution is 0.128. The van der Waals surface area contributed by atoms with Crippen molar-refractivity contribution in [1.29, 1.82) is 0 Å². The minimum absolute atomic E-state index is 0.891. The van der Waals surface area contributed by atoms with E-state index in [9.17, 15) is 0 Å². The Balaban J connectivity index is 2.04. The summed E-state index contributed by atoms with van der Waals surface area (Å²) in [6, 6.07) is 8.26. The summed E-state index contributed by atoms with van der Waals surface area (Å²) in [5.41, 5.74) is 5.90. The molecule has 0 atom stereocenters. The molecule has 0 unspecified atom stereocenters. The molecule has 3 aromatic rings. The number of allylic oxidation sites excluding steroid dienone is 1. The summed E-state index contributed by atoms with van der Waals surface area (Å²) in [5, 5.41) is 1.17. The number of nitrogens with zero attached hydrogens (tertiary/aromatic N) is 3. The number of aromatic nitrogens is 3. The zero-order valence-corrected chi connectivity index (χ0v) is 13.6. The molecule has 0 aliphatic rings. The van der Waals surface area contributed by atoms with E-state index in [4.69, 9.17) is 9.82 Å². The molecular weight excluding hydrogens is 288 g/mol. The lowest BCUT2D eigenvalue weighted by atomic mass is 10.2. The van der Waals surface area contributed by atoms with E-state index in [1.807, 2.05) is 24.5 Å². The van der Waals surface area contributed by atoms with Crippen molar-refractivity contribution in [2.45, 2.75) is 32.7 Å². The molecule has 0 radical (unpaired) electrons. The fourth-order valence-corrected chi connectivity index (χ4v) is 2.87. The van der Waals surface area contributed by atoms with Crippen LogP contribution in [0.15, 0.2) is 42.7 Å². The Labute approximate surface area is 136 Å². The Bertz CT molecular complexity index is 822. The molecule has 3 rings (SSSR count). The standard InChI is InChI=1S/C18H22N4O/c1-3-8-17-21-16-13-19-15-10-5-4-9-14(15)18(16)22(17)12-7-6-11-20-23-2/h4-6,9-11,13,20H,3,7-8,12H2,1-2H3. The molecule has 120 valence electrons. The molecule has 0 bridgehead atoms. The van der Waals surface area contributed by atoms with E-state index in [0.29, 0.717) is 0 Å². The predicted molar refractivity (Wildman–Crippen MR) is 92.9 cm³/mol. The number of benzene rings is 1. The Morgan fingerprint density at radius 2 is 2.13 bits per heavy atom. The molecule has 0 saturated carbocycles. The maximum atomic E-state index is 4.81. The number of nitrogens with one attached hydrogen (secondary N) is 1. The summed E-state index contributed by atoms with van der Waals surface area (Å²) in [6.07, 6.45) is 8.73. The monoisotopic (exact) mass is 310 g/mol. The van der Waals surface area contributed by atoms with Gasteiger partial charge in [-0.1, -0.05) is 31.2 Å². The molecule has 2 heterocycles. The number of fused-ring (bicyclic) bond motifs is 3. The maximum absolute atomic E-state index is 4.81. The summed E-state index contributed by atoms with van der Waals surface area (Å²) >= 11 is 0. The fourth-order valence-electron chi connectivity index (χ4n) is 2.87. The van der Waals surface area contributed by atoms with Crippen molar-refractivity contribution in [3.8, 4) is 0 Å². The van der Waals surface area contributed by atoms with Crippen LogP contribution in [0.25, 0.3) is 21.9 Å². The average Bonchev–Trinajstić information content (AvgIpc) is 2.93. The van der Waals surface area contributed by atoms with Crippen molar-refractivity contribution < 1.29 is 4.84 Å². The fraction of sp³-hybridized carbons (Fsp3) is 0.333. The van der Waals surface area contributed by atoms with Gasteiger partial charge >= 0.3 is 0 Å². The van der Waals surface area contributed by atoms with Crippen LogP contribution in [0.2, 0.25) is 0 Å². The van der Waals surface area contributed by atoms with Crippen molar-refractivity contribution in [2.75, 3.05) is 7.11 Å². The number of para-hydroxylation sites is 1. The summed E-state index contributed by atoms with van der Waals surface area (Å²) < 4.78 is 2.33. The van der Waals surface area contributed by atoms with E-state index in [1.165, 1.54) is 10.9 Å². The van der Waals surface area contributed by atoms with Gasteiger partial charge in [0.15, 0.2) is 0 Å². The number of pyridine rings is 1. The van der Waals surface area contributed by atoms with Crippen LogP contribution in [0.4, 0.5) is 0 Å². The zero-order valence-electron chi connectivity index (χ0n) is 13.6. The molecule has 5 heteroatoms. The van der Waals surface area contributed by atoms with Crippen LogP contribution in [-0.4, -0.2) is 21.6 Å². The molecule has 2 aromatic heterocycles. The van der Waals surface area contributed by atoms with Gasteiger partial charge < -0.3 is 4.57 Å². The van der Waals surface area contributed by atoms with Crippen molar-refractivity contribution >= 4 is 21.9 Å². The second-order valence-corrected chi connectivity index (χ2v) is 5.45. The minimum atomic E-state index is 0.891. The van der Waals surface area contributed by atoms with E-state index in [0.717, 1.165) is 42.7 Å². The van der Waals surface area contributed by atoms with E-state index < -0.39 is 0 Å². The van der Waals surface area contributed by atoms with Gasteiger partial charge in [0.2, 0.25) is 0 Å². The van der Waals surface area contributed by atoms with Crippen LogP contribution in [0.5, 0.6) is 0 Å². The molecule has 1 N–H and O–H groups in total. The SMILES string of the molecule is CCCc1nc2cnc3ccccc3c2n1CCC=CNOC. The minimum Gasteiger partial charge on any atom is -0.327 e. The quantitative estimate of drug-likeness (QED) is 0.678. The van der Waals surface area contributed by atoms with E-state index in [2.05, 4.69) is 40.2 Å². The number of aryl methyl sites for hydroxylation is 2. The summed E-state index contributed by atoms with van der Waals surface area (Å²) in [5.74, 6) is 1.13. The van der Waals surface area contributed by atoms with Crippen molar-refractivity contribution in [1.82, 2.24) is 20.0 Å². The van der Waals surface area contributed by atoms with Gasteiger partial charge in [0.25, 0.3) is 0 Å². The average molecular weight is 310 g/mol. The third-order valence-electron chi connectivity index (χ3n) is 3.86. The van der Waals surface area contributed by atoms with Crippen molar-refractivity contribution in [2.24, 2.45) is 0 Å². The van der Waals surface area contributed by atoms with Crippen molar-refractivity contribution in [3.05, 3.63) is 48.6 Å². The van der Waals surface area contributed by atoms with Crippen LogP contribution in [-0.2, 0) is 17.8 Å². The first-order valence-corrected chi connectivity index (χ1v) is 8.01. The molecule has 0 fully saturated rings. The molecule has 1 aromatic carbocycles. The highest BCUT2D eigenvalue weighted by atomic mass is 16.6. The van der Waals surface area contributed by atoms with Gasteiger partial charge in [-0.25, -0.2) is 4.98 Å². The Hall–Kier alpha value is -2.40. The summed E-state index contributed by atoms with van der Waals surface area (Å²) in [4.78, 5) is 14.1. The van der Waals surface area contributed by atoms with Crippen LogP contribution in [0.1, 0.15) is 25.6 Å². The molecule has 23 heavy (non-hydrogen) atoms. The number of rotatable bonds is 7. The van der Waals surface area contributed by atoms with Crippen LogP contribution < -0.4 is 5.48 Å². The Morgan fingerprint density at radius 1 is 1.26 bits per heavy atom. The first kappa shape index (κ1) is 15.5. The topological polar surface area (TPSA) is 52.0 Å². The maximum Gasteiger partial charge on any atom is 0.109 e.